The molecule has 1 unspecified atom stereocenters. The number of amidine groups is 1. The Labute approximate surface area is 130 Å². The van der Waals surface area contributed by atoms with Crippen LogP contribution in [0.25, 0.3) is 0 Å². The molecular formula is C16H33N5. The van der Waals surface area contributed by atoms with Crippen molar-refractivity contribution in [2.24, 2.45) is 21.9 Å². The topological polar surface area (TPSA) is 57.2 Å². The average Bonchev–Trinajstić information content (AvgIpc) is 2.68. The van der Waals surface area contributed by atoms with E-state index >= 15 is 0 Å². The van der Waals surface area contributed by atoms with Crippen LogP contribution < -0.4 is 5.84 Å². The molecule has 0 saturated carbocycles. The lowest BCUT2D eigenvalue weighted by molar-refractivity contribution is 0.272. The molecule has 0 spiro atoms. The van der Waals surface area contributed by atoms with Crippen LogP contribution in [0.4, 0.5) is 0 Å². The zero-order chi connectivity index (χ0) is 16.7. The molecule has 0 amide bonds. The quantitative estimate of drug-likeness (QED) is 0.640. The zero-order valence-electron chi connectivity index (χ0n) is 15.2. The van der Waals surface area contributed by atoms with Crippen LogP contribution in [-0.4, -0.2) is 41.8 Å². The van der Waals surface area contributed by atoms with E-state index in [1.165, 1.54) is 11.1 Å². The van der Waals surface area contributed by atoms with Crippen LogP contribution in [-0.2, 0) is 0 Å². The summed E-state index contributed by atoms with van der Waals surface area (Å²) in [6, 6.07) is 0. The highest BCUT2D eigenvalue weighted by atomic mass is 15.5. The van der Waals surface area contributed by atoms with Gasteiger partial charge in [0.25, 0.3) is 0 Å². The van der Waals surface area contributed by atoms with Gasteiger partial charge >= 0.3 is 0 Å². The number of hydrazine groups is 1. The summed E-state index contributed by atoms with van der Waals surface area (Å²) >= 11 is 0. The largest absolute Gasteiger partial charge is 0.267 e. The van der Waals surface area contributed by atoms with Crippen LogP contribution in [0.1, 0.15) is 54.9 Å². The number of nitrogens with zero attached hydrogens (tertiary/aromatic N) is 4. The highest BCUT2D eigenvalue weighted by Crippen LogP contribution is 2.26. The summed E-state index contributed by atoms with van der Waals surface area (Å²) in [5.74, 6) is 7.18. The number of likely N-dealkylation sites (N-methyl/N-ethyl adjacent to an activating group) is 1. The van der Waals surface area contributed by atoms with Crippen molar-refractivity contribution >= 4 is 11.5 Å². The maximum atomic E-state index is 5.76. The van der Waals surface area contributed by atoms with E-state index in [1.54, 1.807) is 5.01 Å². The number of hydrogen-bond donors (Lipinski definition) is 1. The molecular weight excluding hydrogens is 262 g/mol. The van der Waals surface area contributed by atoms with Crippen molar-refractivity contribution in [3.63, 3.8) is 0 Å². The highest BCUT2D eigenvalue weighted by Gasteiger charge is 2.27. The minimum Gasteiger partial charge on any atom is -0.267 e. The molecule has 2 N–H and O–H groups in total. The van der Waals surface area contributed by atoms with Crippen LogP contribution >= 0.6 is 0 Å². The number of hydrazone groups is 1. The smallest absolute Gasteiger partial charge is 0.154 e. The molecule has 5 heteroatoms. The first-order valence-corrected chi connectivity index (χ1v) is 7.87. The summed E-state index contributed by atoms with van der Waals surface area (Å²) in [6.07, 6.45) is 0.943. The lowest BCUT2D eigenvalue weighted by atomic mass is 9.92. The maximum Gasteiger partial charge on any atom is 0.154 e. The van der Waals surface area contributed by atoms with Gasteiger partial charge in [-0.15, -0.1) is 0 Å². The molecule has 1 aliphatic rings. The van der Waals surface area contributed by atoms with E-state index in [4.69, 9.17) is 10.8 Å². The van der Waals surface area contributed by atoms with Crippen LogP contribution in [0.3, 0.4) is 0 Å². The molecule has 0 aromatic heterocycles. The third-order valence-corrected chi connectivity index (χ3v) is 3.49. The molecule has 0 saturated heterocycles. The lowest BCUT2D eigenvalue weighted by Gasteiger charge is -2.20. The normalized spacial score (nSPS) is 20.7. The first-order chi connectivity index (χ1) is 9.79. The Morgan fingerprint density at radius 3 is 2.24 bits per heavy atom. The standard InChI is InChI=1S/C14H27N5.C2H6/c1-8-12(9(2)3)13-10(4)17-19(7)14(13)16-11(5)18(6)15;1-2/h9,11H,8,15H2,1-7H3;1-2H3/b13-12+,16-14+;. The summed E-state index contributed by atoms with van der Waals surface area (Å²) in [5.41, 5.74) is 3.63. The Kier molecular flexibility index (Phi) is 8.44. The highest BCUT2D eigenvalue weighted by molar-refractivity contribution is 6.26. The Hall–Kier alpha value is -1.20. The molecule has 1 aliphatic heterocycles. The van der Waals surface area contributed by atoms with Gasteiger partial charge in [0.05, 0.1) is 5.71 Å². The first kappa shape index (κ1) is 19.8. The van der Waals surface area contributed by atoms with Crippen molar-refractivity contribution in [1.82, 2.24) is 10.0 Å². The third kappa shape index (κ3) is 4.93. The zero-order valence-corrected chi connectivity index (χ0v) is 15.2. The van der Waals surface area contributed by atoms with Crippen LogP contribution in [0.2, 0.25) is 0 Å². The minimum atomic E-state index is -0.0705. The fraction of sp³-hybridized carbons (Fsp3) is 0.750. The summed E-state index contributed by atoms with van der Waals surface area (Å²) in [6.45, 7) is 14.6. The van der Waals surface area contributed by atoms with Crippen molar-refractivity contribution < 1.29 is 0 Å². The van der Waals surface area contributed by atoms with Crippen molar-refractivity contribution in [3.8, 4) is 0 Å². The molecule has 0 aromatic rings. The van der Waals surface area contributed by atoms with Gasteiger partial charge < -0.3 is 0 Å². The fourth-order valence-electron chi connectivity index (χ4n) is 2.31. The van der Waals surface area contributed by atoms with Gasteiger partial charge in [0, 0.05) is 19.7 Å². The van der Waals surface area contributed by atoms with Gasteiger partial charge in [-0.1, -0.05) is 40.2 Å². The molecule has 1 rings (SSSR count). The molecule has 0 radical (unpaired) electrons. The molecule has 122 valence electrons. The Bertz CT molecular complexity index is 418. The molecule has 0 aliphatic carbocycles. The summed E-state index contributed by atoms with van der Waals surface area (Å²) in [5, 5.41) is 7.97. The molecule has 0 bridgehead atoms. The van der Waals surface area contributed by atoms with Crippen molar-refractivity contribution in [2.45, 2.75) is 61.1 Å². The predicted molar refractivity (Wildman–Crippen MR) is 93.2 cm³/mol. The number of allylic oxidation sites excluding steroid dienone is 1. The Morgan fingerprint density at radius 2 is 1.86 bits per heavy atom. The number of hydrogen-bond acceptors (Lipinski definition) is 4. The van der Waals surface area contributed by atoms with Crippen molar-refractivity contribution in [3.05, 3.63) is 11.1 Å². The average molecular weight is 295 g/mol. The van der Waals surface area contributed by atoms with E-state index < -0.39 is 0 Å². The van der Waals surface area contributed by atoms with E-state index in [1.807, 2.05) is 46.8 Å². The third-order valence-electron chi connectivity index (χ3n) is 3.49. The molecule has 5 nitrogen and oxygen atoms in total. The second-order valence-corrected chi connectivity index (χ2v) is 5.37. The van der Waals surface area contributed by atoms with Crippen LogP contribution in [0.15, 0.2) is 21.2 Å². The van der Waals surface area contributed by atoms with Crippen molar-refractivity contribution in [2.75, 3.05) is 14.1 Å². The van der Waals surface area contributed by atoms with E-state index in [0.717, 1.165) is 18.0 Å². The van der Waals surface area contributed by atoms with Gasteiger partial charge in [-0.2, -0.15) is 5.10 Å². The lowest BCUT2D eigenvalue weighted by Crippen LogP contribution is -2.36. The predicted octanol–water partition coefficient (Wildman–Crippen LogP) is 3.25. The Balaban J connectivity index is 0.00000191. The van der Waals surface area contributed by atoms with Gasteiger partial charge in [-0.05, 0) is 26.2 Å². The summed E-state index contributed by atoms with van der Waals surface area (Å²) in [4.78, 5) is 4.71. The van der Waals surface area contributed by atoms with Gasteiger partial charge in [0.1, 0.15) is 6.17 Å². The van der Waals surface area contributed by atoms with Crippen molar-refractivity contribution in [1.29, 1.82) is 0 Å². The van der Waals surface area contributed by atoms with E-state index in [-0.39, 0.29) is 6.17 Å². The van der Waals surface area contributed by atoms with Crippen LogP contribution in [0, 0.1) is 5.92 Å². The van der Waals surface area contributed by atoms with E-state index in [2.05, 4.69) is 25.9 Å². The van der Waals surface area contributed by atoms with Gasteiger partial charge in [-0.25, -0.2) is 10.0 Å². The van der Waals surface area contributed by atoms with Gasteiger partial charge in [-0.3, -0.25) is 10.9 Å². The van der Waals surface area contributed by atoms with Gasteiger partial charge in [0.2, 0.25) is 0 Å². The maximum absolute atomic E-state index is 5.76. The first-order valence-electron chi connectivity index (χ1n) is 7.87. The molecule has 0 fully saturated rings. The Morgan fingerprint density at radius 1 is 1.33 bits per heavy atom. The molecule has 1 heterocycles. The molecule has 1 atom stereocenters. The van der Waals surface area contributed by atoms with Crippen LogP contribution in [0.5, 0.6) is 0 Å². The summed E-state index contributed by atoms with van der Waals surface area (Å²) in [7, 11) is 3.76. The number of nitrogens with two attached hydrogens (primary N) is 1. The fourth-order valence-corrected chi connectivity index (χ4v) is 2.31. The summed E-state index contributed by atoms with van der Waals surface area (Å²) < 4.78 is 0. The number of rotatable bonds is 4. The van der Waals surface area contributed by atoms with E-state index in [9.17, 15) is 0 Å². The molecule has 0 aromatic carbocycles. The van der Waals surface area contributed by atoms with Gasteiger partial charge in [0.15, 0.2) is 5.84 Å². The molecule has 21 heavy (non-hydrogen) atoms. The second kappa shape index (κ2) is 8.95. The minimum absolute atomic E-state index is 0.0705. The monoisotopic (exact) mass is 295 g/mol. The SMILES string of the molecule is CC.CC/C(=C1/C(C)=NN(C)/C1=N/C(C)N(C)N)C(C)C. The second-order valence-electron chi connectivity index (χ2n) is 5.37. The number of aliphatic imine (C=N–C) groups is 1. The van der Waals surface area contributed by atoms with E-state index in [0.29, 0.717) is 5.92 Å².